The van der Waals surface area contributed by atoms with Gasteiger partial charge in [-0.1, -0.05) is 84.0 Å². The van der Waals surface area contributed by atoms with E-state index in [2.05, 4.69) is 26.5 Å². The quantitative estimate of drug-likeness (QED) is 0.0952. The van der Waals surface area contributed by atoms with Crippen LogP contribution in [-0.4, -0.2) is 71.8 Å². The summed E-state index contributed by atoms with van der Waals surface area (Å²) in [7, 11) is 0. The highest BCUT2D eigenvalue weighted by atomic mass is 16.9. The second kappa shape index (κ2) is 20.4. The van der Waals surface area contributed by atoms with Gasteiger partial charge in [0.25, 0.3) is 5.09 Å². The normalized spacial score (nSPS) is 13.9. The van der Waals surface area contributed by atoms with Crippen molar-refractivity contribution in [1.29, 1.82) is 0 Å². The molecule has 0 spiro atoms. The van der Waals surface area contributed by atoms with Crippen LogP contribution in [0.4, 0.5) is 5.82 Å². The van der Waals surface area contributed by atoms with Crippen molar-refractivity contribution < 1.29 is 14.7 Å². The van der Waals surface area contributed by atoms with Gasteiger partial charge < -0.3 is 20.0 Å². The Kier molecular flexibility index (Phi) is 17.2. The molecule has 0 unspecified atom stereocenters. The first kappa shape index (κ1) is 32.8. The van der Waals surface area contributed by atoms with Gasteiger partial charge in [0.05, 0.1) is 12.2 Å². The van der Waals surface area contributed by atoms with Gasteiger partial charge in [0, 0.05) is 38.9 Å². The third-order valence-corrected chi connectivity index (χ3v) is 7.45. The van der Waals surface area contributed by atoms with E-state index in [0.717, 1.165) is 77.1 Å². The standard InChI is InChI=1S/C29H50N5O5/c1-2-3-19-31-21-23-32(24-22-31)28-18-17-27(26-30-28)29(35)33(36)20-15-13-11-9-7-5-4-6-8-10-12-14-16-25-39-34(37)38/h17-18,26H,2-16,19-25H2,1H3/q-1. The van der Waals surface area contributed by atoms with Gasteiger partial charge in [-0.2, -0.15) is 0 Å². The van der Waals surface area contributed by atoms with Crippen LogP contribution in [-0.2, 0) is 4.84 Å². The lowest BCUT2D eigenvalue weighted by Gasteiger charge is -2.35. The second-order valence-corrected chi connectivity index (χ2v) is 10.6. The molecular weight excluding hydrogens is 498 g/mol. The number of unbranched alkanes of at least 4 members (excludes halogenated alkanes) is 13. The van der Waals surface area contributed by atoms with E-state index in [-0.39, 0.29) is 13.2 Å². The van der Waals surface area contributed by atoms with Crippen molar-refractivity contribution in [1.82, 2.24) is 14.9 Å². The molecule has 1 saturated heterocycles. The fraction of sp³-hybridized carbons (Fsp3) is 0.793. The number of pyridine rings is 1. The zero-order valence-electron chi connectivity index (χ0n) is 24.1. The Morgan fingerprint density at radius 1 is 0.897 bits per heavy atom. The highest BCUT2D eigenvalue weighted by Crippen LogP contribution is 2.16. The van der Waals surface area contributed by atoms with Crippen molar-refractivity contribution in [2.75, 3.05) is 50.8 Å². The topological polar surface area (TPSA) is 115 Å². The largest absolute Gasteiger partial charge is 0.756 e. The Labute approximate surface area is 234 Å². The lowest BCUT2D eigenvalue weighted by molar-refractivity contribution is -0.757. The summed E-state index contributed by atoms with van der Waals surface area (Å²) in [5.41, 5.74) is 0.360. The molecule has 39 heavy (non-hydrogen) atoms. The molecule has 0 aliphatic carbocycles. The molecule has 0 radical (unpaired) electrons. The van der Waals surface area contributed by atoms with Crippen molar-refractivity contribution in [3.8, 4) is 0 Å². The fourth-order valence-electron chi connectivity index (χ4n) is 4.97. The van der Waals surface area contributed by atoms with E-state index in [1.807, 2.05) is 6.07 Å². The number of piperazine rings is 1. The second-order valence-electron chi connectivity index (χ2n) is 10.6. The summed E-state index contributed by atoms with van der Waals surface area (Å²) >= 11 is 0. The minimum Gasteiger partial charge on any atom is -0.756 e. The lowest BCUT2D eigenvalue weighted by Crippen LogP contribution is -2.46. The van der Waals surface area contributed by atoms with Crippen LogP contribution in [0.5, 0.6) is 0 Å². The van der Waals surface area contributed by atoms with Crippen LogP contribution in [0.2, 0.25) is 0 Å². The van der Waals surface area contributed by atoms with E-state index in [4.69, 9.17) is 0 Å². The summed E-state index contributed by atoms with van der Waals surface area (Å²) in [5.74, 6) is 0.375. The van der Waals surface area contributed by atoms with E-state index in [1.54, 1.807) is 12.3 Å². The summed E-state index contributed by atoms with van der Waals surface area (Å²) in [6, 6.07) is 3.59. The smallest absolute Gasteiger partial charge is 0.294 e. The summed E-state index contributed by atoms with van der Waals surface area (Å²) in [6.07, 6.45) is 18.1. The van der Waals surface area contributed by atoms with Gasteiger partial charge in [-0.15, -0.1) is 10.1 Å². The molecule has 0 bridgehead atoms. The van der Waals surface area contributed by atoms with Gasteiger partial charge >= 0.3 is 0 Å². The molecule has 0 atom stereocenters. The van der Waals surface area contributed by atoms with E-state index < -0.39 is 11.0 Å². The summed E-state index contributed by atoms with van der Waals surface area (Å²) < 4.78 is 0. The Hall–Kier alpha value is -2.46. The number of aromatic nitrogens is 1. The van der Waals surface area contributed by atoms with E-state index in [9.17, 15) is 20.1 Å². The number of carbonyl (C=O) groups is 1. The zero-order valence-corrected chi connectivity index (χ0v) is 24.1. The first-order chi connectivity index (χ1) is 19.0. The third kappa shape index (κ3) is 14.5. The third-order valence-electron chi connectivity index (χ3n) is 7.45. The average Bonchev–Trinajstić information content (AvgIpc) is 2.95. The zero-order chi connectivity index (χ0) is 28.1. The van der Waals surface area contributed by atoms with Crippen molar-refractivity contribution in [3.63, 3.8) is 0 Å². The van der Waals surface area contributed by atoms with Gasteiger partial charge in [-0.25, -0.2) is 4.98 Å². The van der Waals surface area contributed by atoms with Crippen LogP contribution < -0.4 is 4.90 Å². The number of rotatable bonds is 22. The Morgan fingerprint density at radius 3 is 1.97 bits per heavy atom. The molecule has 10 heteroatoms. The van der Waals surface area contributed by atoms with Gasteiger partial charge in [0.15, 0.2) is 0 Å². The molecule has 0 aromatic carbocycles. The maximum absolute atomic E-state index is 12.5. The first-order valence-corrected chi connectivity index (χ1v) is 15.2. The molecule has 10 nitrogen and oxygen atoms in total. The maximum Gasteiger partial charge on any atom is 0.294 e. The van der Waals surface area contributed by atoms with Crippen molar-refractivity contribution >= 4 is 11.7 Å². The number of hydrogen-bond acceptors (Lipinski definition) is 8. The Balaban J connectivity index is 1.45. The fourth-order valence-corrected chi connectivity index (χ4v) is 4.97. The average molecular weight is 549 g/mol. The van der Waals surface area contributed by atoms with Crippen molar-refractivity contribution in [2.24, 2.45) is 0 Å². The number of anilines is 1. The molecule has 1 amide bonds. The molecule has 1 aromatic heterocycles. The van der Waals surface area contributed by atoms with Crippen LogP contribution in [0.3, 0.4) is 0 Å². The highest BCUT2D eigenvalue weighted by Gasteiger charge is 2.18. The molecule has 0 saturated carbocycles. The molecule has 2 heterocycles. The van der Waals surface area contributed by atoms with Crippen LogP contribution in [0, 0.1) is 15.3 Å². The minimum atomic E-state index is -0.727. The van der Waals surface area contributed by atoms with E-state index in [1.165, 1.54) is 57.8 Å². The SMILES string of the molecule is CCCCN1CCN(c2ccc(C(=O)N([O-])CCCCCCCCCCCCCCCO[N+](=O)[O-])cn2)CC1. The Morgan fingerprint density at radius 2 is 1.46 bits per heavy atom. The molecule has 1 aromatic rings. The van der Waals surface area contributed by atoms with E-state index >= 15 is 0 Å². The van der Waals surface area contributed by atoms with Gasteiger partial charge in [-0.05, 0) is 37.9 Å². The Bertz CT molecular complexity index is 787. The van der Waals surface area contributed by atoms with Gasteiger partial charge in [0.1, 0.15) is 5.82 Å². The molecule has 2 rings (SSSR count). The predicted molar refractivity (Wildman–Crippen MR) is 155 cm³/mol. The summed E-state index contributed by atoms with van der Waals surface area (Å²) in [4.78, 5) is 36.1. The van der Waals surface area contributed by atoms with Crippen LogP contribution >= 0.6 is 0 Å². The molecule has 1 fully saturated rings. The molecule has 0 N–H and O–H groups in total. The molecule has 222 valence electrons. The van der Waals surface area contributed by atoms with E-state index in [0.29, 0.717) is 10.6 Å². The molecule has 1 aliphatic rings. The number of nitrogens with zero attached hydrogens (tertiary/aromatic N) is 5. The van der Waals surface area contributed by atoms with Crippen LogP contribution in [0.1, 0.15) is 114 Å². The summed E-state index contributed by atoms with van der Waals surface area (Å²) in [6.45, 7) is 7.75. The number of carbonyl (C=O) groups excluding carboxylic acids is 1. The van der Waals surface area contributed by atoms with Crippen molar-refractivity contribution in [3.05, 3.63) is 39.2 Å². The maximum atomic E-state index is 12.5. The van der Waals surface area contributed by atoms with Gasteiger partial charge in [0.2, 0.25) is 5.91 Å². The number of hydroxylamine groups is 2. The minimum absolute atomic E-state index is 0.207. The number of amides is 1. The predicted octanol–water partition coefficient (Wildman–Crippen LogP) is 6.22. The van der Waals surface area contributed by atoms with Crippen molar-refractivity contribution in [2.45, 2.75) is 103 Å². The van der Waals surface area contributed by atoms with Crippen LogP contribution in [0.25, 0.3) is 0 Å². The lowest BCUT2D eigenvalue weighted by atomic mass is 10.0. The monoisotopic (exact) mass is 548 g/mol. The highest BCUT2D eigenvalue weighted by molar-refractivity contribution is 5.94. The first-order valence-electron chi connectivity index (χ1n) is 15.2. The summed E-state index contributed by atoms with van der Waals surface area (Å²) in [5, 5.41) is 22.2. The van der Waals surface area contributed by atoms with Crippen LogP contribution in [0.15, 0.2) is 18.3 Å². The number of hydrogen-bond donors (Lipinski definition) is 0. The van der Waals surface area contributed by atoms with Gasteiger partial charge in [-0.3, -0.25) is 9.69 Å². The molecule has 1 aliphatic heterocycles. The molecular formula is C29H50N5O5-.